The quantitative estimate of drug-likeness (QED) is 0.883. The third-order valence-electron chi connectivity index (χ3n) is 2.93. The van der Waals surface area contributed by atoms with Crippen LogP contribution in [0.3, 0.4) is 0 Å². The third kappa shape index (κ3) is 2.54. The van der Waals surface area contributed by atoms with Gasteiger partial charge in [0.05, 0.1) is 17.7 Å². The maximum absolute atomic E-state index is 8.91. The minimum absolute atomic E-state index is 0.0753. The summed E-state index contributed by atoms with van der Waals surface area (Å²) in [4.78, 5) is 0. The molecule has 1 aromatic heterocycles. The first-order chi connectivity index (χ1) is 8.60. The first kappa shape index (κ1) is 12.3. The van der Waals surface area contributed by atoms with Gasteiger partial charge in [0.1, 0.15) is 11.5 Å². The number of hydrogen-bond acceptors (Lipinski definition) is 3. The summed E-state index contributed by atoms with van der Waals surface area (Å²) >= 11 is 0. The van der Waals surface area contributed by atoms with Crippen LogP contribution >= 0.6 is 0 Å². The molecule has 0 saturated heterocycles. The number of rotatable bonds is 3. The van der Waals surface area contributed by atoms with Gasteiger partial charge in [0, 0.05) is 5.69 Å². The molecule has 0 aliphatic rings. The van der Waals surface area contributed by atoms with Crippen LogP contribution in [0.25, 0.3) is 0 Å². The molecule has 2 rings (SSSR count). The molecule has 3 heteroatoms. The van der Waals surface area contributed by atoms with Gasteiger partial charge in [-0.05, 0) is 50.6 Å². The van der Waals surface area contributed by atoms with Crippen LogP contribution < -0.4 is 5.32 Å². The van der Waals surface area contributed by atoms with Crippen LogP contribution in [-0.4, -0.2) is 0 Å². The van der Waals surface area contributed by atoms with Crippen molar-refractivity contribution in [3.05, 3.63) is 53.0 Å². The van der Waals surface area contributed by atoms with Gasteiger partial charge in [0.2, 0.25) is 0 Å². The molecule has 1 aromatic carbocycles. The predicted octanol–water partition coefficient (Wildman–Crippen LogP) is 3.94. The van der Waals surface area contributed by atoms with E-state index in [0.29, 0.717) is 5.56 Å². The molecule has 0 spiro atoms. The van der Waals surface area contributed by atoms with Crippen molar-refractivity contribution in [3.63, 3.8) is 0 Å². The smallest absolute Gasteiger partial charge is 0.126 e. The second kappa shape index (κ2) is 4.97. The van der Waals surface area contributed by atoms with Gasteiger partial charge < -0.3 is 9.73 Å². The lowest BCUT2D eigenvalue weighted by molar-refractivity contribution is 0.467. The number of anilines is 1. The molecule has 0 aliphatic carbocycles. The summed E-state index contributed by atoms with van der Waals surface area (Å²) in [6, 6.07) is 11.8. The number of hydrogen-bond donors (Lipinski definition) is 1. The molecule has 18 heavy (non-hydrogen) atoms. The Kier molecular flexibility index (Phi) is 3.38. The van der Waals surface area contributed by atoms with Gasteiger partial charge in [-0.2, -0.15) is 5.26 Å². The SMILES string of the molecule is Cc1ccc(C(C)Nc2cc(C#N)ccc2C)o1. The lowest BCUT2D eigenvalue weighted by Gasteiger charge is -2.15. The standard InChI is InChI=1S/C15H16N2O/c1-10-4-6-13(9-16)8-14(10)17-12(3)15-7-5-11(2)18-15/h4-8,12,17H,1-3H3. The van der Waals surface area contributed by atoms with E-state index in [0.717, 1.165) is 22.8 Å². The fraction of sp³-hybridized carbons (Fsp3) is 0.267. The molecular weight excluding hydrogens is 224 g/mol. The van der Waals surface area contributed by atoms with Crippen molar-refractivity contribution in [2.24, 2.45) is 0 Å². The van der Waals surface area contributed by atoms with Gasteiger partial charge in [-0.3, -0.25) is 0 Å². The fourth-order valence-electron chi connectivity index (χ4n) is 1.84. The van der Waals surface area contributed by atoms with Crippen LogP contribution in [0, 0.1) is 25.2 Å². The molecule has 2 aromatic rings. The largest absolute Gasteiger partial charge is 0.464 e. The average Bonchev–Trinajstić information content (AvgIpc) is 2.79. The molecule has 1 heterocycles. The molecule has 0 bridgehead atoms. The van der Waals surface area contributed by atoms with E-state index < -0.39 is 0 Å². The number of benzene rings is 1. The van der Waals surface area contributed by atoms with Crippen LogP contribution in [0.15, 0.2) is 34.7 Å². The van der Waals surface area contributed by atoms with E-state index in [4.69, 9.17) is 9.68 Å². The number of furan rings is 1. The highest BCUT2D eigenvalue weighted by molar-refractivity contribution is 5.55. The van der Waals surface area contributed by atoms with Crippen molar-refractivity contribution in [1.29, 1.82) is 5.26 Å². The lowest BCUT2D eigenvalue weighted by atomic mass is 10.1. The van der Waals surface area contributed by atoms with Crippen LogP contribution in [-0.2, 0) is 0 Å². The predicted molar refractivity (Wildman–Crippen MR) is 71.4 cm³/mol. The summed E-state index contributed by atoms with van der Waals surface area (Å²) < 4.78 is 5.59. The van der Waals surface area contributed by atoms with Crippen molar-refractivity contribution in [2.45, 2.75) is 26.8 Å². The van der Waals surface area contributed by atoms with Crippen LogP contribution in [0.2, 0.25) is 0 Å². The zero-order chi connectivity index (χ0) is 13.1. The summed E-state index contributed by atoms with van der Waals surface area (Å²) in [5.41, 5.74) is 2.74. The second-order valence-corrected chi connectivity index (χ2v) is 4.46. The van der Waals surface area contributed by atoms with Crippen LogP contribution in [0.1, 0.15) is 35.6 Å². The Labute approximate surface area is 107 Å². The molecule has 0 amide bonds. The summed E-state index contributed by atoms with van der Waals surface area (Å²) in [6.45, 7) is 5.98. The van der Waals surface area contributed by atoms with E-state index in [2.05, 4.69) is 11.4 Å². The number of nitriles is 1. The first-order valence-corrected chi connectivity index (χ1v) is 5.94. The van der Waals surface area contributed by atoms with E-state index >= 15 is 0 Å². The molecule has 0 radical (unpaired) electrons. The minimum Gasteiger partial charge on any atom is -0.464 e. The Balaban J connectivity index is 2.21. The fourth-order valence-corrected chi connectivity index (χ4v) is 1.84. The lowest BCUT2D eigenvalue weighted by Crippen LogP contribution is -2.07. The Morgan fingerprint density at radius 3 is 2.61 bits per heavy atom. The molecule has 1 unspecified atom stereocenters. The summed E-state index contributed by atoms with van der Waals surface area (Å²) in [5.74, 6) is 1.80. The Hall–Kier alpha value is -2.21. The minimum atomic E-state index is 0.0753. The monoisotopic (exact) mass is 240 g/mol. The van der Waals surface area contributed by atoms with E-state index in [9.17, 15) is 0 Å². The zero-order valence-electron chi connectivity index (χ0n) is 10.8. The Morgan fingerprint density at radius 2 is 2.00 bits per heavy atom. The average molecular weight is 240 g/mol. The van der Waals surface area contributed by atoms with Gasteiger partial charge in [0.15, 0.2) is 0 Å². The van der Waals surface area contributed by atoms with Crippen molar-refractivity contribution < 1.29 is 4.42 Å². The highest BCUT2D eigenvalue weighted by atomic mass is 16.3. The van der Waals surface area contributed by atoms with Crippen molar-refractivity contribution in [1.82, 2.24) is 0 Å². The topological polar surface area (TPSA) is 49.0 Å². The van der Waals surface area contributed by atoms with Crippen LogP contribution in [0.5, 0.6) is 0 Å². The number of nitrogens with zero attached hydrogens (tertiary/aromatic N) is 1. The molecule has 1 N–H and O–H groups in total. The van der Waals surface area contributed by atoms with Crippen molar-refractivity contribution in [2.75, 3.05) is 5.32 Å². The summed E-state index contributed by atoms with van der Waals surface area (Å²) in [6.07, 6.45) is 0. The van der Waals surface area contributed by atoms with Gasteiger partial charge in [-0.1, -0.05) is 6.07 Å². The molecule has 0 aliphatic heterocycles. The van der Waals surface area contributed by atoms with Gasteiger partial charge >= 0.3 is 0 Å². The maximum atomic E-state index is 8.91. The van der Waals surface area contributed by atoms with E-state index in [1.165, 1.54) is 0 Å². The van der Waals surface area contributed by atoms with Crippen molar-refractivity contribution >= 4 is 5.69 Å². The summed E-state index contributed by atoms with van der Waals surface area (Å²) in [5, 5.41) is 12.3. The Morgan fingerprint density at radius 1 is 1.22 bits per heavy atom. The molecule has 1 atom stereocenters. The normalized spacial score (nSPS) is 11.9. The van der Waals surface area contributed by atoms with E-state index in [-0.39, 0.29) is 6.04 Å². The molecule has 3 nitrogen and oxygen atoms in total. The first-order valence-electron chi connectivity index (χ1n) is 5.94. The second-order valence-electron chi connectivity index (χ2n) is 4.46. The van der Waals surface area contributed by atoms with Gasteiger partial charge in [-0.15, -0.1) is 0 Å². The highest BCUT2D eigenvalue weighted by Gasteiger charge is 2.10. The third-order valence-corrected chi connectivity index (χ3v) is 2.93. The van der Waals surface area contributed by atoms with Crippen LogP contribution in [0.4, 0.5) is 5.69 Å². The molecule has 0 fully saturated rings. The highest BCUT2D eigenvalue weighted by Crippen LogP contribution is 2.24. The van der Waals surface area contributed by atoms with Crippen molar-refractivity contribution in [3.8, 4) is 6.07 Å². The maximum Gasteiger partial charge on any atom is 0.126 e. The zero-order valence-corrected chi connectivity index (χ0v) is 10.8. The Bertz CT molecular complexity index is 593. The van der Waals surface area contributed by atoms with E-state index in [1.807, 2.05) is 51.1 Å². The number of nitrogens with one attached hydrogen (secondary N) is 1. The molecular formula is C15H16N2O. The van der Waals surface area contributed by atoms with Gasteiger partial charge in [-0.25, -0.2) is 0 Å². The van der Waals surface area contributed by atoms with E-state index in [1.54, 1.807) is 0 Å². The summed E-state index contributed by atoms with van der Waals surface area (Å²) in [7, 11) is 0. The molecule has 0 saturated carbocycles. The van der Waals surface area contributed by atoms with Gasteiger partial charge in [0.25, 0.3) is 0 Å². The molecule has 92 valence electrons. The number of aryl methyl sites for hydroxylation is 2.